The van der Waals surface area contributed by atoms with Crippen LogP contribution in [0.4, 0.5) is 18.9 Å². The minimum Gasteiger partial charge on any atom is -0.378 e. The van der Waals surface area contributed by atoms with Crippen molar-refractivity contribution in [3.8, 4) is 0 Å². The molecule has 0 spiro atoms. The Bertz CT molecular complexity index is 1110. The van der Waals surface area contributed by atoms with Gasteiger partial charge < -0.3 is 10.4 Å². The number of aromatic nitrogens is 1. The van der Waals surface area contributed by atoms with Crippen LogP contribution in [0.15, 0.2) is 23.3 Å². The van der Waals surface area contributed by atoms with Gasteiger partial charge in [-0.15, -0.1) is 0 Å². The summed E-state index contributed by atoms with van der Waals surface area (Å²) in [5, 5.41) is 16.2. The zero-order valence-corrected chi connectivity index (χ0v) is 21.9. The average molecular weight is 526 g/mol. The van der Waals surface area contributed by atoms with Crippen molar-refractivity contribution in [3.63, 3.8) is 0 Å². The molecule has 3 N–H and O–H groups in total. The summed E-state index contributed by atoms with van der Waals surface area (Å²) in [5.74, 6) is 1.02. The number of fused-ring (bicyclic) bond motifs is 5. The first kappa shape index (κ1) is 26.0. The first-order valence-electron chi connectivity index (χ1n) is 12.9. The van der Waals surface area contributed by atoms with Gasteiger partial charge in [-0.05, 0) is 74.3 Å². The number of nitrogens with one attached hydrogen (secondary N) is 2. The number of hydrogen-bond donors (Lipinski definition) is 3. The highest BCUT2D eigenvalue weighted by atomic mass is 35.5. The number of alkyl halides is 3. The van der Waals surface area contributed by atoms with Crippen LogP contribution < -0.4 is 10.6 Å². The van der Waals surface area contributed by atoms with Crippen molar-refractivity contribution >= 4 is 23.2 Å². The van der Waals surface area contributed by atoms with E-state index in [1.165, 1.54) is 17.2 Å². The molecule has 1 aromatic rings. The number of aliphatic hydroxyl groups is 1. The van der Waals surface area contributed by atoms with Gasteiger partial charge in [-0.1, -0.05) is 43.5 Å². The molecule has 2 heterocycles. The maximum atomic E-state index is 13.4. The van der Waals surface area contributed by atoms with Crippen LogP contribution in [0.2, 0.25) is 5.15 Å². The number of pyridine rings is 1. The van der Waals surface area contributed by atoms with Crippen molar-refractivity contribution < 1.29 is 23.1 Å². The second kappa shape index (κ2) is 8.70. The maximum Gasteiger partial charge on any atom is 0.433 e. The molecule has 1 saturated heterocycles. The molecule has 5 rings (SSSR count). The number of piperidine rings is 1. The Morgan fingerprint density at radius 2 is 1.94 bits per heavy atom. The van der Waals surface area contributed by atoms with Gasteiger partial charge in [-0.3, -0.25) is 10.1 Å². The van der Waals surface area contributed by atoms with Crippen LogP contribution in [0.5, 0.6) is 0 Å². The van der Waals surface area contributed by atoms with Gasteiger partial charge in [-0.2, -0.15) is 13.2 Å². The molecule has 3 fully saturated rings. The summed E-state index contributed by atoms with van der Waals surface area (Å²) in [4.78, 5) is 16.9. The number of anilines is 1. The van der Waals surface area contributed by atoms with E-state index >= 15 is 0 Å². The van der Waals surface area contributed by atoms with Crippen LogP contribution in [0, 0.1) is 40.4 Å². The van der Waals surface area contributed by atoms with E-state index in [1.54, 1.807) is 0 Å². The van der Waals surface area contributed by atoms with Gasteiger partial charge in [0.05, 0.1) is 5.69 Å². The van der Waals surface area contributed by atoms with E-state index in [2.05, 4.69) is 43.3 Å². The second-order valence-corrected chi connectivity index (χ2v) is 12.4. The number of aliphatic hydroxyl groups excluding tert-OH is 1. The second-order valence-electron chi connectivity index (χ2n) is 12.0. The zero-order valence-electron chi connectivity index (χ0n) is 21.2. The molecule has 1 aliphatic heterocycles. The third-order valence-corrected chi connectivity index (χ3v) is 10.5. The standard InChI is InChI=1S/C27H35ClF3N3O2/c1-13-11-15-16-5-6-18(24(36)33-19-7-8-20(27(29,30)31)34-22(19)28)25(16,3)10-9-17(15)26(4)12-32-23(35)14(2)21(13)26/h7-8,14-18,23,32,35H,5-6,9-12H2,1-4H3,(H,33,36)/t14?,15-,16-,17+,18?,23?,25-,26+/m0/s1. The molecule has 0 bridgehead atoms. The first-order chi connectivity index (χ1) is 16.8. The van der Waals surface area contributed by atoms with Gasteiger partial charge in [0.15, 0.2) is 5.15 Å². The van der Waals surface area contributed by atoms with Crippen LogP contribution in [0.1, 0.15) is 65.5 Å². The van der Waals surface area contributed by atoms with Crippen molar-refractivity contribution in [2.45, 2.75) is 72.2 Å². The topological polar surface area (TPSA) is 74.2 Å². The van der Waals surface area contributed by atoms with E-state index in [0.29, 0.717) is 17.8 Å². The van der Waals surface area contributed by atoms with Crippen molar-refractivity contribution in [2.24, 2.45) is 40.4 Å². The SMILES string of the molecule is CC1=C2C(C)C(O)NC[C@]2(C)[C@@H]2CC[C@]3(C)C(C(=O)Nc4ccc(C(F)(F)F)nc4Cl)CC[C@H]3[C@@H]2C1. The van der Waals surface area contributed by atoms with Crippen molar-refractivity contribution in [2.75, 3.05) is 11.9 Å². The Morgan fingerprint density at radius 3 is 2.61 bits per heavy atom. The lowest BCUT2D eigenvalue weighted by atomic mass is 9.47. The molecular weight excluding hydrogens is 491 g/mol. The summed E-state index contributed by atoms with van der Waals surface area (Å²) in [6.07, 6.45) is -0.462. The molecule has 8 atom stereocenters. The van der Waals surface area contributed by atoms with Crippen molar-refractivity contribution in [1.82, 2.24) is 10.3 Å². The van der Waals surface area contributed by atoms with Crippen LogP contribution >= 0.6 is 11.6 Å². The number of carbonyl (C=O) groups is 1. The van der Waals surface area contributed by atoms with Gasteiger partial charge in [0.1, 0.15) is 11.9 Å². The Morgan fingerprint density at radius 1 is 1.22 bits per heavy atom. The van der Waals surface area contributed by atoms with Crippen LogP contribution in [0.3, 0.4) is 0 Å². The van der Waals surface area contributed by atoms with Gasteiger partial charge in [-0.25, -0.2) is 4.98 Å². The highest BCUT2D eigenvalue weighted by molar-refractivity contribution is 6.32. The minimum atomic E-state index is -4.59. The molecule has 3 aliphatic carbocycles. The Hall–Kier alpha value is -1.64. The van der Waals surface area contributed by atoms with Gasteiger partial charge in [0.25, 0.3) is 0 Å². The molecule has 0 radical (unpaired) electrons. The summed E-state index contributed by atoms with van der Waals surface area (Å²) < 4.78 is 38.9. The summed E-state index contributed by atoms with van der Waals surface area (Å²) in [6, 6.07) is 2.03. The molecule has 198 valence electrons. The number of nitrogens with zero attached hydrogens (tertiary/aromatic N) is 1. The summed E-state index contributed by atoms with van der Waals surface area (Å²) in [7, 11) is 0. The normalized spacial score (nSPS) is 40.4. The number of hydrogen-bond acceptors (Lipinski definition) is 4. The van der Waals surface area contributed by atoms with E-state index in [9.17, 15) is 23.1 Å². The highest BCUT2D eigenvalue weighted by Gasteiger charge is 2.61. The van der Waals surface area contributed by atoms with E-state index in [4.69, 9.17) is 11.6 Å². The molecule has 36 heavy (non-hydrogen) atoms. The van der Waals surface area contributed by atoms with Crippen LogP contribution in [-0.2, 0) is 11.0 Å². The fraction of sp³-hybridized carbons (Fsp3) is 0.704. The van der Waals surface area contributed by atoms with E-state index in [-0.39, 0.29) is 39.4 Å². The van der Waals surface area contributed by atoms with E-state index in [1.807, 2.05) is 0 Å². The molecule has 2 saturated carbocycles. The number of rotatable bonds is 2. The largest absolute Gasteiger partial charge is 0.433 e. The molecule has 3 unspecified atom stereocenters. The average Bonchev–Trinajstić information content (AvgIpc) is 3.15. The molecular formula is C27H35ClF3N3O2. The summed E-state index contributed by atoms with van der Waals surface area (Å²) >= 11 is 6.01. The predicted molar refractivity (Wildman–Crippen MR) is 132 cm³/mol. The fourth-order valence-electron chi connectivity index (χ4n) is 8.64. The van der Waals surface area contributed by atoms with E-state index in [0.717, 1.165) is 44.7 Å². The van der Waals surface area contributed by atoms with E-state index < -0.39 is 18.1 Å². The third-order valence-electron chi connectivity index (χ3n) is 10.2. The predicted octanol–water partition coefficient (Wildman–Crippen LogP) is 6.04. The van der Waals surface area contributed by atoms with Crippen molar-refractivity contribution in [3.05, 3.63) is 34.1 Å². The molecule has 1 amide bonds. The lowest BCUT2D eigenvalue weighted by Crippen LogP contribution is -2.59. The highest BCUT2D eigenvalue weighted by Crippen LogP contribution is 2.66. The van der Waals surface area contributed by atoms with Gasteiger partial charge >= 0.3 is 6.18 Å². The monoisotopic (exact) mass is 525 g/mol. The molecule has 5 nitrogen and oxygen atoms in total. The molecule has 0 aromatic carbocycles. The quantitative estimate of drug-likeness (QED) is 0.325. The van der Waals surface area contributed by atoms with Crippen molar-refractivity contribution in [1.29, 1.82) is 0 Å². The summed E-state index contributed by atoms with van der Waals surface area (Å²) in [5.41, 5.74) is 1.64. The third kappa shape index (κ3) is 3.90. The van der Waals surface area contributed by atoms with Crippen LogP contribution in [-0.4, -0.2) is 28.8 Å². The van der Waals surface area contributed by atoms with Gasteiger partial charge in [0.2, 0.25) is 5.91 Å². The Labute approximate surface area is 215 Å². The van der Waals surface area contributed by atoms with Crippen LogP contribution in [0.25, 0.3) is 0 Å². The number of amides is 1. The molecule has 1 aromatic heterocycles. The minimum absolute atomic E-state index is 0.00720. The Balaban J connectivity index is 1.38. The first-order valence-corrected chi connectivity index (χ1v) is 13.3. The summed E-state index contributed by atoms with van der Waals surface area (Å²) in [6.45, 7) is 9.65. The number of allylic oxidation sites excluding steroid dienone is 1. The number of carbonyl (C=O) groups excluding carboxylic acids is 1. The molecule has 4 aliphatic rings. The maximum absolute atomic E-state index is 13.4. The lowest BCUT2D eigenvalue weighted by molar-refractivity contribution is -0.141. The van der Waals surface area contributed by atoms with Gasteiger partial charge in [0, 0.05) is 23.8 Å². The zero-order chi connectivity index (χ0) is 26.2. The fourth-order valence-corrected chi connectivity index (χ4v) is 8.84. The smallest absolute Gasteiger partial charge is 0.378 e. The molecule has 9 heteroatoms. The Kier molecular flexibility index (Phi) is 6.28. The lowest BCUT2D eigenvalue weighted by Gasteiger charge is -2.60. The number of halogens is 4.